The Morgan fingerprint density at radius 1 is 1.11 bits per heavy atom. The van der Waals surface area contributed by atoms with Gasteiger partial charge in [0.2, 0.25) is 0 Å². The van der Waals surface area contributed by atoms with Crippen LogP contribution in [0.1, 0.15) is 17.8 Å². The fourth-order valence-electron chi connectivity index (χ4n) is 3.45. The molecule has 1 aromatic carbocycles. The smallest absolute Gasteiger partial charge is 0.135 e. The van der Waals surface area contributed by atoms with Crippen molar-refractivity contribution in [3.63, 3.8) is 0 Å². The second-order valence-corrected chi connectivity index (χ2v) is 5.78. The molecule has 1 saturated carbocycles. The predicted molar refractivity (Wildman–Crippen MR) is 73.5 cm³/mol. The first kappa shape index (κ1) is 11.1. The normalized spacial score (nSPS) is 29.2. The van der Waals surface area contributed by atoms with Crippen LogP contribution in [0.3, 0.4) is 0 Å². The Labute approximate surface area is 113 Å². The number of hydrogen-bond acceptors (Lipinski definition) is 3. The summed E-state index contributed by atoms with van der Waals surface area (Å²) in [7, 11) is 0. The van der Waals surface area contributed by atoms with Gasteiger partial charge in [0.05, 0.1) is 0 Å². The molecule has 2 fully saturated rings. The molecule has 1 aliphatic heterocycles. The van der Waals surface area contributed by atoms with E-state index in [4.69, 9.17) is 0 Å². The molecular formula is C16H17N3. The maximum Gasteiger partial charge on any atom is 0.135 e. The van der Waals surface area contributed by atoms with Gasteiger partial charge in [0, 0.05) is 37.4 Å². The lowest BCUT2D eigenvalue weighted by atomic mass is 10.1. The molecule has 2 aliphatic rings. The van der Waals surface area contributed by atoms with Crippen molar-refractivity contribution in [3.8, 4) is 0 Å². The molecule has 0 N–H and O–H groups in total. The molecule has 0 spiro atoms. The third-order valence-electron chi connectivity index (χ3n) is 4.48. The minimum atomic E-state index is 0.260. The molecule has 96 valence electrons. The Bertz CT molecular complexity index is 569. The van der Waals surface area contributed by atoms with E-state index in [0.717, 1.165) is 24.8 Å². The molecule has 0 amide bonds. The Balaban J connectivity index is 1.50. The van der Waals surface area contributed by atoms with Crippen molar-refractivity contribution in [3.05, 3.63) is 60.2 Å². The lowest BCUT2D eigenvalue weighted by Gasteiger charge is -2.20. The molecule has 1 saturated heterocycles. The van der Waals surface area contributed by atoms with E-state index < -0.39 is 0 Å². The summed E-state index contributed by atoms with van der Waals surface area (Å²) >= 11 is 0. The van der Waals surface area contributed by atoms with Crippen molar-refractivity contribution in [1.82, 2.24) is 14.9 Å². The summed E-state index contributed by atoms with van der Waals surface area (Å²) < 4.78 is 0. The predicted octanol–water partition coefficient (Wildman–Crippen LogP) is 2.25. The summed E-state index contributed by atoms with van der Waals surface area (Å²) in [5.41, 5.74) is 1.66. The van der Waals surface area contributed by atoms with Gasteiger partial charge in [-0.05, 0) is 24.0 Å². The van der Waals surface area contributed by atoms with E-state index >= 15 is 0 Å². The number of benzene rings is 1. The number of rotatable bonds is 3. The van der Waals surface area contributed by atoms with Gasteiger partial charge in [-0.2, -0.15) is 0 Å². The Hall–Kier alpha value is -1.74. The molecule has 3 heteroatoms. The maximum atomic E-state index is 4.48. The number of aromatic nitrogens is 2. The Morgan fingerprint density at radius 2 is 1.89 bits per heavy atom. The van der Waals surface area contributed by atoms with E-state index in [0.29, 0.717) is 0 Å². The summed E-state index contributed by atoms with van der Waals surface area (Å²) in [6.45, 7) is 3.34. The second-order valence-electron chi connectivity index (χ2n) is 5.78. The average molecular weight is 251 g/mol. The van der Waals surface area contributed by atoms with Crippen LogP contribution in [0.2, 0.25) is 0 Å². The standard InChI is InChI=1S/C16H17N3/c1-2-5-13(6-3-1)10-19-11-14-9-16(14,12-19)15-17-7-4-8-18-15/h1-8,14H,9-12H2. The lowest BCUT2D eigenvalue weighted by Crippen LogP contribution is -2.27. The Kier molecular flexibility index (Phi) is 2.42. The van der Waals surface area contributed by atoms with Gasteiger partial charge in [-0.25, -0.2) is 9.97 Å². The largest absolute Gasteiger partial charge is 0.298 e. The summed E-state index contributed by atoms with van der Waals surface area (Å²) in [5.74, 6) is 1.81. The molecule has 0 bridgehead atoms. The second kappa shape index (κ2) is 4.14. The van der Waals surface area contributed by atoms with Crippen molar-refractivity contribution in [2.75, 3.05) is 13.1 Å². The van der Waals surface area contributed by atoms with Crippen LogP contribution < -0.4 is 0 Å². The number of nitrogens with zero attached hydrogens (tertiary/aromatic N) is 3. The molecule has 2 heterocycles. The first-order valence-electron chi connectivity index (χ1n) is 6.91. The van der Waals surface area contributed by atoms with Gasteiger partial charge in [0.1, 0.15) is 5.82 Å². The van der Waals surface area contributed by atoms with Crippen LogP contribution in [0.5, 0.6) is 0 Å². The third kappa shape index (κ3) is 1.85. The van der Waals surface area contributed by atoms with Crippen molar-refractivity contribution < 1.29 is 0 Å². The van der Waals surface area contributed by atoms with Gasteiger partial charge in [-0.3, -0.25) is 4.90 Å². The zero-order valence-corrected chi connectivity index (χ0v) is 10.9. The summed E-state index contributed by atoms with van der Waals surface area (Å²) in [6.07, 6.45) is 5.00. The first-order valence-corrected chi connectivity index (χ1v) is 6.91. The zero-order chi connectivity index (χ0) is 12.7. The fraction of sp³-hybridized carbons (Fsp3) is 0.375. The molecule has 3 nitrogen and oxygen atoms in total. The number of likely N-dealkylation sites (tertiary alicyclic amines) is 1. The quantitative estimate of drug-likeness (QED) is 0.838. The maximum absolute atomic E-state index is 4.48. The molecule has 1 aliphatic carbocycles. The van der Waals surface area contributed by atoms with Crippen LogP contribution in [0.25, 0.3) is 0 Å². The third-order valence-corrected chi connectivity index (χ3v) is 4.48. The molecule has 4 rings (SSSR count). The molecule has 2 aromatic rings. The molecule has 0 radical (unpaired) electrons. The minimum absolute atomic E-state index is 0.260. The number of fused-ring (bicyclic) bond motifs is 1. The van der Waals surface area contributed by atoms with E-state index in [-0.39, 0.29) is 5.41 Å². The van der Waals surface area contributed by atoms with Crippen molar-refractivity contribution in [1.29, 1.82) is 0 Å². The van der Waals surface area contributed by atoms with Crippen LogP contribution >= 0.6 is 0 Å². The summed E-state index contributed by atoms with van der Waals surface area (Å²) in [4.78, 5) is 11.5. The SMILES string of the molecule is c1ccc(CN2CC3CC3(c3ncccn3)C2)cc1. The van der Waals surface area contributed by atoms with Gasteiger partial charge >= 0.3 is 0 Å². The molecule has 1 aromatic heterocycles. The van der Waals surface area contributed by atoms with Crippen LogP contribution in [-0.4, -0.2) is 28.0 Å². The zero-order valence-electron chi connectivity index (χ0n) is 10.9. The van der Waals surface area contributed by atoms with Gasteiger partial charge in [-0.1, -0.05) is 30.3 Å². The number of hydrogen-bond donors (Lipinski definition) is 0. The lowest BCUT2D eigenvalue weighted by molar-refractivity contribution is 0.288. The van der Waals surface area contributed by atoms with Crippen LogP contribution in [0, 0.1) is 5.92 Å². The average Bonchev–Trinajstić information content (AvgIpc) is 3.04. The van der Waals surface area contributed by atoms with Gasteiger partial charge in [0.25, 0.3) is 0 Å². The summed E-state index contributed by atoms with van der Waals surface area (Å²) in [6, 6.07) is 12.6. The van der Waals surface area contributed by atoms with Crippen molar-refractivity contribution in [2.24, 2.45) is 5.92 Å². The number of piperidine rings is 1. The van der Waals surface area contributed by atoms with Gasteiger partial charge in [-0.15, -0.1) is 0 Å². The molecular weight excluding hydrogens is 234 g/mol. The summed E-state index contributed by atoms with van der Waals surface area (Å²) in [5, 5.41) is 0. The van der Waals surface area contributed by atoms with Gasteiger partial charge < -0.3 is 0 Å². The van der Waals surface area contributed by atoms with Crippen molar-refractivity contribution >= 4 is 0 Å². The van der Waals surface area contributed by atoms with Gasteiger partial charge in [0.15, 0.2) is 0 Å². The highest BCUT2D eigenvalue weighted by Gasteiger charge is 2.62. The van der Waals surface area contributed by atoms with Crippen LogP contribution in [-0.2, 0) is 12.0 Å². The van der Waals surface area contributed by atoms with E-state index in [9.17, 15) is 0 Å². The van der Waals surface area contributed by atoms with E-state index in [1.807, 2.05) is 18.5 Å². The topological polar surface area (TPSA) is 29.0 Å². The van der Waals surface area contributed by atoms with E-state index in [1.165, 1.54) is 18.5 Å². The molecule has 2 atom stereocenters. The van der Waals surface area contributed by atoms with E-state index in [2.05, 4.69) is 45.2 Å². The fourth-order valence-corrected chi connectivity index (χ4v) is 3.45. The molecule has 2 unspecified atom stereocenters. The van der Waals surface area contributed by atoms with Crippen LogP contribution in [0.15, 0.2) is 48.8 Å². The first-order chi connectivity index (χ1) is 9.37. The van der Waals surface area contributed by atoms with Crippen molar-refractivity contribution in [2.45, 2.75) is 18.4 Å². The van der Waals surface area contributed by atoms with Crippen LogP contribution in [0.4, 0.5) is 0 Å². The Morgan fingerprint density at radius 3 is 2.68 bits per heavy atom. The highest BCUT2D eigenvalue weighted by Crippen LogP contribution is 2.57. The highest BCUT2D eigenvalue weighted by atomic mass is 15.2. The molecule has 19 heavy (non-hydrogen) atoms. The monoisotopic (exact) mass is 251 g/mol. The minimum Gasteiger partial charge on any atom is -0.298 e. The highest BCUT2D eigenvalue weighted by molar-refractivity contribution is 5.28. The van der Waals surface area contributed by atoms with E-state index in [1.54, 1.807) is 0 Å².